The Bertz CT molecular complexity index is 1070. The van der Waals surface area contributed by atoms with Crippen LogP contribution in [0.1, 0.15) is 59.1 Å². The van der Waals surface area contributed by atoms with Crippen LogP contribution in [0.15, 0.2) is 48.0 Å². The Hall–Kier alpha value is -2.33. The first-order valence-electron chi connectivity index (χ1n) is 10.4. The third-order valence-corrected chi connectivity index (χ3v) is 5.06. The highest BCUT2D eigenvalue weighted by molar-refractivity contribution is 6.31. The third kappa shape index (κ3) is 5.85. The molecule has 30 heavy (non-hydrogen) atoms. The van der Waals surface area contributed by atoms with E-state index in [-0.39, 0.29) is 5.41 Å². The van der Waals surface area contributed by atoms with Gasteiger partial charge in [-0.05, 0) is 41.5 Å². The van der Waals surface area contributed by atoms with E-state index in [0.717, 1.165) is 11.9 Å². The molecule has 3 aromatic rings. The number of hydrogen-bond donors (Lipinski definition) is 0. The summed E-state index contributed by atoms with van der Waals surface area (Å²) in [6.45, 7) is 13.9. The van der Waals surface area contributed by atoms with Gasteiger partial charge in [-0.1, -0.05) is 89.1 Å². The lowest BCUT2D eigenvalue weighted by molar-refractivity contribution is -0.646. The van der Waals surface area contributed by atoms with E-state index in [1.165, 1.54) is 17.5 Å². The Morgan fingerprint density at radius 2 is 1.73 bits per heavy atom. The average molecular weight is 426 g/mol. The van der Waals surface area contributed by atoms with E-state index in [1.54, 1.807) is 28.5 Å². The van der Waals surface area contributed by atoms with E-state index in [9.17, 15) is 5.21 Å². The second kappa shape index (κ2) is 8.43. The standard InChI is InChI=1S/C14H18.C11H14ClN3O/c1-14(2,3)10-11-8-12-6-4-5-7-13(12)9-11;1-11(2,3)7-14-10-6-8(12)4-5-9(10)15(16)13-14/h4-8H,9-10H2,1-3H3;4-6H,7H2,1-3H3. The molecule has 1 heterocycles. The molecule has 0 atom stereocenters. The predicted molar refractivity (Wildman–Crippen MR) is 125 cm³/mol. The summed E-state index contributed by atoms with van der Waals surface area (Å²) in [6, 6.07) is 13.9. The number of benzene rings is 2. The Labute approximate surface area is 184 Å². The normalized spacial score (nSPS) is 13.6. The summed E-state index contributed by atoms with van der Waals surface area (Å²) in [6.07, 6.45) is 4.73. The fraction of sp³-hybridized carbons (Fsp3) is 0.440. The van der Waals surface area contributed by atoms with Crippen molar-refractivity contribution in [2.75, 3.05) is 0 Å². The van der Waals surface area contributed by atoms with Crippen LogP contribution in [0.5, 0.6) is 0 Å². The number of aromatic nitrogens is 3. The molecule has 2 aromatic carbocycles. The van der Waals surface area contributed by atoms with Crippen molar-refractivity contribution in [1.29, 1.82) is 0 Å². The molecule has 160 valence electrons. The molecule has 0 unspecified atom stereocenters. The number of rotatable bonds is 2. The van der Waals surface area contributed by atoms with Crippen LogP contribution in [0.3, 0.4) is 0 Å². The molecule has 0 fully saturated rings. The Balaban J connectivity index is 0.000000172. The molecule has 5 heteroatoms. The van der Waals surface area contributed by atoms with Gasteiger partial charge in [0.2, 0.25) is 5.52 Å². The lowest BCUT2D eigenvalue weighted by Crippen LogP contribution is -2.30. The van der Waals surface area contributed by atoms with Gasteiger partial charge in [0.05, 0.1) is 5.21 Å². The maximum atomic E-state index is 11.5. The van der Waals surface area contributed by atoms with Gasteiger partial charge in [-0.3, -0.25) is 0 Å². The molecule has 1 aromatic heterocycles. The molecule has 4 nitrogen and oxygen atoms in total. The Kier molecular flexibility index (Phi) is 6.28. The van der Waals surface area contributed by atoms with Crippen LogP contribution >= 0.6 is 11.6 Å². The Morgan fingerprint density at radius 1 is 1.03 bits per heavy atom. The van der Waals surface area contributed by atoms with E-state index in [4.69, 9.17) is 11.6 Å². The minimum absolute atomic E-state index is 0.0638. The fourth-order valence-electron chi connectivity index (χ4n) is 3.77. The predicted octanol–water partition coefficient (Wildman–Crippen LogP) is 6.43. The number of hydrogen-bond acceptors (Lipinski definition) is 2. The van der Waals surface area contributed by atoms with Crippen LogP contribution < -0.4 is 4.85 Å². The molecule has 0 saturated heterocycles. The van der Waals surface area contributed by atoms with E-state index in [0.29, 0.717) is 27.3 Å². The van der Waals surface area contributed by atoms with Crippen LogP contribution in [-0.4, -0.2) is 9.90 Å². The van der Waals surface area contributed by atoms with Crippen molar-refractivity contribution in [3.05, 3.63) is 69.4 Å². The van der Waals surface area contributed by atoms with Gasteiger partial charge in [0.1, 0.15) is 6.54 Å². The number of halogens is 1. The van der Waals surface area contributed by atoms with Crippen LogP contribution in [-0.2, 0) is 13.0 Å². The zero-order valence-electron chi connectivity index (χ0n) is 18.9. The molecule has 0 aliphatic heterocycles. The Morgan fingerprint density at radius 3 is 2.37 bits per heavy atom. The first kappa shape index (κ1) is 22.4. The molecule has 0 amide bonds. The van der Waals surface area contributed by atoms with Gasteiger partial charge in [0, 0.05) is 16.5 Å². The van der Waals surface area contributed by atoms with Gasteiger partial charge in [-0.2, -0.15) is 0 Å². The molecule has 0 bridgehead atoms. The topological polar surface area (TPSA) is 44.8 Å². The van der Waals surface area contributed by atoms with Crippen molar-refractivity contribution in [3.63, 3.8) is 0 Å². The van der Waals surface area contributed by atoms with Crippen LogP contribution in [0, 0.1) is 16.0 Å². The van der Waals surface area contributed by atoms with Crippen LogP contribution in [0.4, 0.5) is 0 Å². The minimum Gasteiger partial charge on any atom is -0.691 e. The monoisotopic (exact) mass is 425 g/mol. The quantitative estimate of drug-likeness (QED) is 0.350. The second-order valence-corrected chi connectivity index (χ2v) is 11.0. The summed E-state index contributed by atoms with van der Waals surface area (Å²) < 4.78 is 1.70. The molecule has 0 spiro atoms. The molecule has 0 N–H and O–H groups in total. The van der Waals surface area contributed by atoms with E-state index in [2.05, 4.69) is 77.1 Å². The summed E-state index contributed by atoms with van der Waals surface area (Å²) in [4.78, 5) is 0.636. The van der Waals surface area contributed by atoms with Crippen LogP contribution in [0.25, 0.3) is 17.1 Å². The molecule has 0 radical (unpaired) electrons. The first-order chi connectivity index (χ1) is 13.9. The maximum absolute atomic E-state index is 11.5. The number of allylic oxidation sites excluding steroid dienone is 1. The smallest absolute Gasteiger partial charge is 0.202 e. The number of nitrogens with zero attached hydrogens (tertiary/aromatic N) is 3. The van der Waals surface area contributed by atoms with Gasteiger partial charge < -0.3 is 5.21 Å². The lowest BCUT2D eigenvalue weighted by atomic mass is 9.87. The summed E-state index contributed by atoms with van der Waals surface area (Å²) in [5.41, 5.74) is 6.30. The van der Waals surface area contributed by atoms with E-state index < -0.39 is 0 Å². The van der Waals surface area contributed by atoms with E-state index in [1.807, 2.05) is 0 Å². The summed E-state index contributed by atoms with van der Waals surface area (Å²) in [5, 5.41) is 16.1. The highest BCUT2D eigenvalue weighted by atomic mass is 35.5. The minimum atomic E-state index is 0.0638. The molecule has 4 rings (SSSR count). The van der Waals surface area contributed by atoms with Gasteiger partial charge in [0.25, 0.3) is 0 Å². The highest BCUT2D eigenvalue weighted by Gasteiger charge is 2.21. The van der Waals surface area contributed by atoms with Gasteiger partial charge in [-0.15, -0.1) is 9.53 Å². The summed E-state index contributed by atoms with van der Waals surface area (Å²) in [7, 11) is 0. The zero-order valence-corrected chi connectivity index (χ0v) is 19.6. The highest BCUT2D eigenvalue weighted by Crippen LogP contribution is 2.32. The largest absolute Gasteiger partial charge is 0.691 e. The van der Waals surface area contributed by atoms with Crippen LogP contribution in [0.2, 0.25) is 5.02 Å². The van der Waals surface area contributed by atoms with Gasteiger partial charge in [0.15, 0.2) is 5.52 Å². The molecular formula is C25H32ClN3O. The maximum Gasteiger partial charge on any atom is 0.202 e. The SMILES string of the molecule is CC(C)(C)CC1=Cc2ccccc2C1.CC(C)(C)Cn1n[n+]([O-])c2ccc(Cl)cc21. The van der Waals surface area contributed by atoms with Crippen molar-refractivity contribution in [2.45, 2.75) is 60.9 Å². The van der Waals surface area contributed by atoms with Crippen molar-refractivity contribution in [1.82, 2.24) is 9.90 Å². The third-order valence-electron chi connectivity index (χ3n) is 4.82. The van der Waals surface area contributed by atoms with Crippen molar-refractivity contribution in [2.24, 2.45) is 10.8 Å². The lowest BCUT2D eigenvalue weighted by Gasteiger charge is -2.18. The molecule has 0 saturated carbocycles. The molecule has 1 aliphatic rings. The van der Waals surface area contributed by atoms with E-state index >= 15 is 0 Å². The fourth-order valence-corrected chi connectivity index (χ4v) is 3.94. The van der Waals surface area contributed by atoms with Crippen molar-refractivity contribution >= 4 is 28.7 Å². The number of fused-ring (bicyclic) bond motifs is 2. The second-order valence-electron chi connectivity index (χ2n) is 10.5. The molecule has 1 aliphatic carbocycles. The van der Waals surface area contributed by atoms with Crippen molar-refractivity contribution < 1.29 is 4.85 Å². The molecular weight excluding hydrogens is 394 g/mol. The summed E-state index contributed by atoms with van der Waals surface area (Å²) >= 11 is 5.92. The average Bonchev–Trinajstić information content (AvgIpc) is 3.12. The zero-order chi connectivity index (χ0) is 22.1. The van der Waals surface area contributed by atoms with Gasteiger partial charge >= 0.3 is 0 Å². The summed E-state index contributed by atoms with van der Waals surface area (Å²) in [5.74, 6) is 0. The first-order valence-corrected chi connectivity index (χ1v) is 10.8. The van der Waals surface area contributed by atoms with Gasteiger partial charge in [-0.25, -0.2) is 0 Å². The van der Waals surface area contributed by atoms with Crippen molar-refractivity contribution in [3.8, 4) is 0 Å².